The zero-order valence-corrected chi connectivity index (χ0v) is 11.9. The predicted molar refractivity (Wildman–Crippen MR) is 72.2 cm³/mol. The summed E-state index contributed by atoms with van der Waals surface area (Å²) >= 11 is 0. The number of carbonyl (C=O) groups is 2. The van der Waals surface area contributed by atoms with Crippen molar-refractivity contribution < 1.29 is 19.4 Å². The number of ether oxygens (including phenoxy) is 1. The number of nitrogens with one attached hydrogen (secondary N) is 2. The lowest BCUT2D eigenvalue weighted by atomic mass is 10.3. The van der Waals surface area contributed by atoms with Crippen LogP contribution in [-0.2, 0) is 9.53 Å². The van der Waals surface area contributed by atoms with Gasteiger partial charge in [-0.1, -0.05) is 13.8 Å². The first kappa shape index (κ1) is 17.7. The molecule has 0 spiro atoms. The molecular formula is C12H25N3O4. The summed E-state index contributed by atoms with van der Waals surface area (Å²) < 4.78 is 4.70. The van der Waals surface area contributed by atoms with E-state index < -0.39 is 12.1 Å². The van der Waals surface area contributed by atoms with Crippen molar-refractivity contribution in [2.24, 2.45) is 0 Å². The SMILES string of the molecule is CCN(CC)CCCNC(=O)NCC(OC)C(=O)O. The van der Waals surface area contributed by atoms with Crippen molar-refractivity contribution in [1.29, 1.82) is 0 Å². The Kier molecular flexibility index (Phi) is 9.82. The fraction of sp³-hybridized carbons (Fsp3) is 0.833. The van der Waals surface area contributed by atoms with Gasteiger partial charge in [0.2, 0.25) is 0 Å². The Bertz CT molecular complexity index is 270. The number of methoxy groups -OCH3 is 1. The van der Waals surface area contributed by atoms with E-state index in [1.807, 2.05) is 0 Å². The number of hydrogen-bond donors (Lipinski definition) is 3. The first-order chi connectivity index (χ1) is 9.04. The van der Waals surface area contributed by atoms with Gasteiger partial charge in [0.15, 0.2) is 6.10 Å². The Labute approximate surface area is 114 Å². The number of carbonyl (C=O) groups excluding carboxylic acids is 1. The standard InChI is InChI=1S/C12H25N3O4/c1-4-15(5-2)8-6-7-13-12(18)14-9-10(19-3)11(16)17/h10H,4-9H2,1-3H3,(H,16,17)(H2,13,14,18). The van der Waals surface area contributed by atoms with E-state index >= 15 is 0 Å². The molecule has 0 aromatic rings. The van der Waals surface area contributed by atoms with Gasteiger partial charge in [-0.05, 0) is 26.1 Å². The Balaban J connectivity index is 3.67. The average molecular weight is 275 g/mol. The van der Waals surface area contributed by atoms with Crippen LogP contribution in [0.5, 0.6) is 0 Å². The summed E-state index contributed by atoms with van der Waals surface area (Å²) in [4.78, 5) is 24.3. The van der Waals surface area contributed by atoms with Gasteiger partial charge in [0.1, 0.15) is 0 Å². The second-order valence-corrected chi connectivity index (χ2v) is 4.08. The van der Waals surface area contributed by atoms with E-state index in [0.717, 1.165) is 26.1 Å². The minimum absolute atomic E-state index is 0.0479. The lowest BCUT2D eigenvalue weighted by molar-refractivity contribution is -0.147. The Morgan fingerprint density at radius 1 is 1.26 bits per heavy atom. The number of carboxylic acids is 1. The number of urea groups is 1. The number of rotatable bonds is 10. The van der Waals surface area contributed by atoms with Crippen LogP contribution in [0.2, 0.25) is 0 Å². The molecule has 0 saturated heterocycles. The van der Waals surface area contributed by atoms with Gasteiger partial charge in [0.05, 0.1) is 6.54 Å². The van der Waals surface area contributed by atoms with Crippen molar-refractivity contribution >= 4 is 12.0 Å². The summed E-state index contributed by atoms with van der Waals surface area (Å²) in [7, 11) is 1.29. The van der Waals surface area contributed by atoms with Crippen LogP contribution in [0.15, 0.2) is 0 Å². The van der Waals surface area contributed by atoms with Crippen LogP contribution in [0.4, 0.5) is 4.79 Å². The smallest absolute Gasteiger partial charge is 0.334 e. The molecule has 19 heavy (non-hydrogen) atoms. The van der Waals surface area contributed by atoms with Crippen LogP contribution < -0.4 is 10.6 Å². The van der Waals surface area contributed by atoms with Crippen molar-refractivity contribution in [2.45, 2.75) is 26.4 Å². The van der Waals surface area contributed by atoms with Gasteiger partial charge >= 0.3 is 12.0 Å². The van der Waals surface area contributed by atoms with Crippen molar-refractivity contribution in [3.05, 3.63) is 0 Å². The summed E-state index contributed by atoms with van der Waals surface area (Å²) in [5.74, 6) is -1.09. The highest BCUT2D eigenvalue weighted by Crippen LogP contribution is 1.90. The fourth-order valence-corrected chi connectivity index (χ4v) is 1.56. The van der Waals surface area contributed by atoms with Gasteiger partial charge in [0.25, 0.3) is 0 Å². The summed E-state index contributed by atoms with van der Waals surface area (Å²) in [6, 6.07) is -0.372. The quantitative estimate of drug-likeness (QED) is 0.493. The zero-order chi connectivity index (χ0) is 14.7. The van der Waals surface area contributed by atoms with Crippen molar-refractivity contribution in [1.82, 2.24) is 15.5 Å². The molecular weight excluding hydrogens is 250 g/mol. The maximum Gasteiger partial charge on any atom is 0.334 e. The van der Waals surface area contributed by atoms with Crippen LogP contribution in [-0.4, -0.2) is 67.9 Å². The molecule has 0 rings (SSSR count). The van der Waals surface area contributed by atoms with Crippen molar-refractivity contribution in [2.75, 3.05) is 39.8 Å². The van der Waals surface area contributed by atoms with E-state index in [1.165, 1.54) is 7.11 Å². The molecule has 1 atom stereocenters. The molecule has 0 aromatic carbocycles. The average Bonchev–Trinajstić information content (AvgIpc) is 2.39. The van der Waals surface area contributed by atoms with Gasteiger partial charge in [-0.15, -0.1) is 0 Å². The normalized spacial score (nSPS) is 12.2. The van der Waals surface area contributed by atoms with Gasteiger partial charge in [-0.2, -0.15) is 0 Å². The summed E-state index contributed by atoms with van der Waals surface area (Å²) in [5, 5.41) is 13.9. The number of carboxylic acid groups (broad SMARTS) is 1. The second kappa shape index (κ2) is 10.6. The first-order valence-corrected chi connectivity index (χ1v) is 6.54. The van der Waals surface area contributed by atoms with Gasteiger partial charge in [-0.3, -0.25) is 0 Å². The minimum atomic E-state index is -1.09. The molecule has 112 valence electrons. The highest BCUT2D eigenvalue weighted by Gasteiger charge is 2.16. The Hall–Kier alpha value is -1.34. The van der Waals surface area contributed by atoms with Crippen molar-refractivity contribution in [3.63, 3.8) is 0 Å². The number of nitrogens with zero attached hydrogens (tertiary/aromatic N) is 1. The highest BCUT2D eigenvalue weighted by atomic mass is 16.5. The first-order valence-electron chi connectivity index (χ1n) is 6.54. The molecule has 0 heterocycles. The second-order valence-electron chi connectivity index (χ2n) is 4.08. The number of hydrogen-bond acceptors (Lipinski definition) is 4. The number of amides is 2. The molecule has 0 aromatic heterocycles. The molecule has 0 radical (unpaired) electrons. The van der Waals surface area contributed by atoms with Gasteiger partial charge in [-0.25, -0.2) is 9.59 Å². The number of aliphatic carboxylic acids is 1. The molecule has 7 nitrogen and oxygen atoms in total. The van der Waals surface area contributed by atoms with E-state index in [4.69, 9.17) is 9.84 Å². The fourth-order valence-electron chi connectivity index (χ4n) is 1.56. The Morgan fingerprint density at radius 2 is 1.89 bits per heavy atom. The monoisotopic (exact) mass is 275 g/mol. The summed E-state index contributed by atoms with van der Waals surface area (Å²) in [6.07, 6.45) is -0.150. The van der Waals surface area contributed by atoms with Gasteiger partial charge in [0, 0.05) is 13.7 Å². The molecule has 0 aliphatic heterocycles. The molecule has 2 amide bonds. The van der Waals surface area contributed by atoms with Crippen LogP contribution in [0.3, 0.4) is 0 Å². The van der Waals surface area contributed by atoms with E-state index in [1.54, 1.807) is 0 Å². The molecule has 0 aliphatic carbocycles. The molecule has 7 heteroatoms. The third kappa shape index (κ3) is 8.39. The third-order valence-corrected chi connectivity index (χ3v) is 2.84. The van der Waals surface area contributed by atoms with Crippen LogP contribution in [0, 0.1) is 0 Å². The maximum absolute atomic E-state index is 11.4. The molecule has 0 saturated carbocycles. The van der Waals surface area contributed by atoms with E-state index in [9.17, 15) is 9.59 Å². The lowest BCUT2D eigenvalue weighted by Gasteiger charge is -2.18. The summed E-state index contributed by atoms with van der Waals surface area (Å²) in [5.41, 5.74) is 0. The van der Waals surface area contributed by atoms with E-state index in [2.05, 4.69) is 29.4 Å². The molecule has 0 bridgehead atoms. The zero-order valence-electron chi connectivity index (χ0n) is 11.9. The van der Waals surface area contributed by atoms with Crippen LogP contribution in [0.1, 0.15) is 20.3 Å². The Morgan fingerprint density at radius 3 is 2.37 bits per heavy atom. The largest absolute Gasteiger partial charge is 0.479 e. The summed E-state index contributed by atoms with van der Waals surface area (Å²) in [6.45, 7) is 7.64. The van der Waals surface area contributed by atoms with E-state index in [0.29, 0.717) is 6.54 Å². The molecule has 1 unspecified atom stereocenters. The predicted octanol–water partition coefficient (Wildman–Crippen LogP) is 0.117. The maximum atomic E-state index is 11.4. The van der Waals surface area contributed by atoms with E-state index in [-0.39, 0.29) is 12.6 Å². The highest BCUT2D eigenvalue weighted by molar-refractivity contribution is 5.76. The molecule has 0 aliphatic rings. The topological polar surface area (TPSA) is 90.9 Å². The lowest BCUT2D eigenvalue weighted by Crippen LogP contribution is -2.43. The molecule has 3 N–H and O–H groups in total. The van der Waals surface area contributed by atoms with Crippen LogP contribution >= 0.6 is 0 Å². The third-order valence-electron chi connectivity index (χ3n) is 2.84. The van der Waals surface area contributed by atoms with Crippen molar-refractivity contribution in [3.8, 4) is 0 Å². The van der Waals surface area contributed by atoms with Crippen LogP contribution in [0.25, 0.3) is 0 Å². The molecule has 0 fully saturated rings. The minimum Gasteiger partial charge on any atom is -0.479 e. The van der Waals surface area contributed by atoms with Gasteiger partial charge < -0.3 is 25.4 Å².